The molecular formula is C18H25FN2O4. The van der Waals surface area contributed by atoms with Gasteiger partial charge in [0, 0.05) is 13.1 Å². The second-order valence-corrected chi connectivity index (χ2v) is 7.04. The number of nitrogens with one attached hydrogen (secondary N) is 1. The molecule has 2 amide bonds. The Labute approximate surface area is 147 Å². The van der Waals surface area contributed by atoms with Crippen molar-refractivity contribution in [3.8, 4) is 0 Å². The van der Waals surface area contributed by atoms with Crippen molar-refractivity contribution in [1.82, 2.24) is 10.2 Å². The van der Waals surface area contributed by atoms with Crippen LogP contribution in [0.5, 0.6) is 0 Å². The molecule has 0 radical (unpaired) electrons. The Kier molecular flexibility index (Phi) is 6.22. The molecule has 138 valence electrons. The highest BCUT2D eigenvalue weighted by Crippen LogP contribution is 2.18. The molecule has 0 spiro atoms. The van der Waals surface area contributed by atoms with Crippen LogP contribution in [-0.2, 0) is 16.1 Å². The van der Waals surface area contributed by atoms with Crippen LogP contribution in [0.15, 0.2) is 30.3 Å². The van der Waals surface area contributed by atoms with Crippen molar-refractivity contribution in [3.05, 3.63) is 35.9 Å². The van der Waals surface area contributed by atoms with E-state index in [2.05, 4.69) is 5.32 Å². The molecule has 1 aliphatic rings. The van der Waals surface area contributed by atoms with Gasteiger partial charge in [0.15, 0.2) is 0 Å². The smallest absolute Gasteiger partial charge is 0.410 e. The minimum atomic E-state index is -1.23. The first kappa shape index (κ1) is 19.0. The molecule has 0 aromatic heterocycles. The predicted octanol–water partition coefficient (Wildman–Crippen LogP) is 3.26. The van der Waals surface area contributed by atoms with E-state index >= 15 is 0 Å². The van der Waals surface area contributed by atoms with E-state index in [-0.39, 0.29) is 26.1 Å². The molecule has 0 bridgehead atoms. The topological polar surface area (TPSA) is 67.9 Å². The third-order valence-electron chi connectivity index (χ3n) is 3.70. The average molecular weight is 352 g/mol. The van der Waals surface area contributed by atoms with Crippen molar-refractivity contribution >= 4 is 12.2 Å². The minimum Gasteiger partial charge on any atom is -0.445 e. The van der Waals surface area contributed by atoms with Gasteiger partial charge in [0.25, 0.3) is 0 Å². The van der Waals surface area contributed by atoms with E-state index in [1.54, 1.807) is 20.8 Å². The van der Waals surface area contributed by atoms with Gasteiger partial charge in [0.05, 0.1) is 6.04 Å². The Bertz CT molecular complexity index is 588. The van der Waals surface area contributed by atoms with Crippen LogP contribution in [0.1, 0.15) is 32.8 Å². The van der Waals surface area contributed by atoms with Gasteiger partial charge in [-0.3, -0.25) is 0 Å². The number of amides is 2. The predicted molar refractivity (Wildman–Crippen MR) is 90.9 cm³/mol. The number of alkyl halides is 1. The van der Waals surface area contributed by atoms with Crippen LogP contribution in [-0.4, -0.2) is 48.0 Å². The number of piperidine rings is 1. The van der Waals surface area contributed by atoms with Crippen molar-refractivity contribution in [1.29, 1.82) is 0 Å². The zero-order chi connectivity index (χ0) is 18.4. The van der Waals surface area contributed by atoms with Crippen LogP contribution in [0.25, 0.3) is 0 Å². The molecular weight excluding hydrogens is 327 g/mol. The lowest BCUT2D eigenvalue weighted by molar-refractivity contribution is 0.0108. The molecule has 25 heavy (non-hydrogen) atoms. The first-order chi connectivity index (χ1) is 11.7. The maximum atomic E-state index is 14.1. The zero-order valence-corrected chi connectivity index (χ0v) is 14.8. The Hall–Kier alpha value is -2.31. The summed E-state index contributed by atoms with van der Waals surface area (Å²) in [6.45, 7) is 5.71. The second kappa shape index (κ2) is 8.18. The molecule has 1 N–H and O–H groups in total. The number of alkyl carbamates (subject to hydrolysis) is 1. The molecule has 6 nitrogen and oxygen atoms in total. The summed E-state index contributed by atoms with van der Waals surface area (Å²) in [6.07, 6.45) is -2.31. The number of ether oxygens (including phenoxy) is 2. The number of benzene rings is 1. The number of rotatable bonds is 3. The maximum Gasteiger partial charge on any atom is 0.410 e. The van der Waals surface area contributed by atoms with Crippen LogP contribution in [0.2, 0.25) is 0 Å². The van der Waals surface area contributed by atoms with Gasteiger partial charge in [-0.2, -0.15) is 0 Å². The first-order valence-corrected chi connectivity index (χ1v) is 8.34. The first-order valence-electron chi connectivity index (χ1n) is 8.34. The summed E-state index contributed by atoms with van der Waals surface area (Å²) < 4.78 is 24.5. The van der Waals surface area contributed by atoms with Crippen molar-refractivity contribution in [2.75, 3.05) is 13.1 Å². The van der Waals surface area contributed by atoms with Gasteiger partial charge in [0.2, 0.25) is 0 Å². The Morgan fingerprint density at radius 3 is 2.60 bits per heavy atom. The van der Waals surface area contributed by atoms with Crippen LogP contribution < -0.4 is 5.32 Å². The summed E-state index contributed by atoms with van der Waals surface area (Å²) >= 11 is 0. The number of carbonyl (C=O) groups is 2. The molecule has 1 aliphatic heterocycles. The van der Waals surface area contributed by atoms with Crippen molar-refractivity contribution < 1.29 is 23.5 Å². The Morgan fingerprint density at radius 2 is 1.96 bits per heavy atom. The standard InChI is InChI=1S/C18H25FN2O4/c1-18(2,3)25-17(23)21-10-9-14(19)15(11-21)20-16(22)24-12-13-7-5-4-6-8-13/h4-8,14-15H,9-12H2,1-3H3,(H,20,22)/t14-,15+/m0/s1. The van der Waals surface area contributed by atoms with Gasteiger partial charge in [-0.05, 0) is 32.8 Å². The van der Waals surface area contributed by atoms with E-state index in [0.29, 0.717) is 0 Å². The van der Waals surface area contributed by atoms with Gasteiger partial charge in [0.1, 0.15) is 18.4 Å². The normalized spacial score (nSPS) is 20.7. The number of carbonyl (C=O) groups excluding carboxylic acids is 2. The van der Waals surface area contributed by atoms with Gasteiger partial charge >= 0.3 is 12.2 Å². The Morgan fingerprint density at radius 1 is 1.28 bits per heavy atom. The highest BCUT2D eigenvalue weighted by Gasteiger charge is 2.34. The molecule has 0 unspecified atom stereocenters. The average Bonchev–Trinajstić information content (AvgIpc) is 2.54. The quantitative estimate of drug-likeness (QED) is 0.907. The summed E-state index contributed by atoms with van der Waals surface area (Å²) in [5.74, 6) is 0. The largest absolute Gasteiger partial charge is 0.445 e. The van der Waals surface area contributed by atoms with E-state index in [0.717, 1.165) is 5.56 Å². The number of likely N-dealkylation sites (tertiary alicyclic amines) is 1. The van der Waals surface area contributed by atoms with E-state index in [4.69, 9.17) is 9.47 Å². The maximum absolute atomic E-state index is 14.1. The summed E-state index contributed by atoms with van der Waals surface area (Å²) in [5, 5.41) is 2.50. The monoisotopic (exact) mass is 352 g/mol. The molecule has 0 saturated carbocycles. The van der Waals surface area contributed by atoms with E-state index in [1.165, 1.54) is 4.90 Å². The molecule has 7 heteroatoms. The lowest BCUT2D eigenvalue weighted by Gasteiger charge is -2.36. The second-order valence-electron chi connectivity index (χ2n) is 7.04. The zero-order valence-electron chi connectivity index (χ0n) is 14.8. The van der Waals surface area contributed by atoms with E-state index in [9.17, 15) is 14.0 Å². The van der Waals surface area contributed by atoms with Crippen LogP contribution in [0, 0.1) is 0 Å². The summed E-state index contributed by atoms with van der Waals surface area (Å²) in [7, 11) is 0. The highest BCUT2D eigenvalue weighted by molar-refractivity contribution is 5.70. The van der Waals surface area contributed by atoms with Crippen molar-refractivity contribution in [2.45, 2.75) is 51.6 Å². The molecule has 1 aromatic rings. The summed E-state index contributed by atoms with van der Waals surface area (Å²) in [6, 6.07) is 8.39. The molecule has 1 aromatic carbocycles. The fraction of sp³-hybridized carbons (Fsp3) is 0.556. The molecule has 1 fully saturated rings. The molecule has 2 atom stereocenters. The van der Waals surface area contributed by atoms with Crippen molar-refractivity contribution in [2.24, 2.45) is 0 Å². The molecule has 1 heterocycles. The van der Waals surface area contributed by atoms with Gasteiger partial charge in [-0.25, -0.2) is 14.0 Å². The number of hydrogen-bond donors (Lipinski definition) is 1. The van der Waals surface area contributed by atoms with Crippen LogP contribution in [0.4, 0.5) is 14.0 Å². The molecule has 2 rings (SSSR count). The van der Waals surface area contributed by atoms with Crippen LogP contribution >= 0.6 is 0 Å². The summed E-state index contributed by atoms with van der Waals surface area (Å²) in [4.78, 5) is 25.4. The van der Waals surface area contributed by atoms with Crippen molar-refractivity contribution in [3.63, 3.8) is 0 Å². The summed E-state index contributed by atoms with van der Waals surface area (Å²) in [5.41, 5.74) is 0.217. The lowest BCUT2D eigenvalue weighted by atomic mass is 10.0. The van der Waals surface area contributed by atoms with E-state index in [1.807, 2.05) is 30.3 Å². The fourth-order valence-electron chi connectivity index (χ4n) is 2.47. The highest BCUT2D eigenvalue weighted by atomic mass is 19.1. The third kappa shape index (κ3) is 6.25. The number of halogens is 1. The SMILES string of the molecule is CC(C)(C)OC(=O)N1CC[C@H](F)[C@H](NC(=O)OCc2ccccc2)C1. The Balaban J connectivity index is 1.84. The third-order valence-corrected chi connectivity index (χ3v) is 3.70. The lowest BCUT2D eigenvalue weighted by Crippen LogP contribution is -2.55. The van der Waals surface area contributed by atoms with Gasteiger partial charge < -0.3 is 19.7 Å². The fourth-order valence-corrected chi connectivity index (χ4v) is 2.47. The van der Waals surface area contributed by atoms with Gasteiger partial charge in [-0.15, -0.1) is 0 Å². The number of hydrogen-bond acceptors (Lipinski definition) is 4. The van der Waals surface area contributed by atoms with Gasteiger partial charge in [-0.1, -0.05) is 30.3 Å². The molecule has 1 saturated heterocycles. The van der Waals surface area contributed by atoms with E-state index < -0.39 is 30.0 Å². The minimum absolute atomic E-state index is 0.0521. The molecule has 0 aliphatic carbocycles. The van der Waals surface area contributed by atoms with Crippen LogP contribution in [0.3, 0.4) is 0 Å². The number of nitrogens with zero attached hydrogens (tertiary/aromatic N) is 1.